The van der Waals surface area contributed by atoms with Gasteiger partial charge in [-0.15, -0.1) is 0 Å². The van der Waals surface area contributed by atoms with Crippen molar-refractivity contribution in [1.82, 2.24) is 19.8 Å². The Hall–Kier alpha value is -3.15. The number of hydrogen-bond acceptors (Lipinski definition) is 3. The number of amides is 2. The van der Waals surface area contributed by atoms with Crippen LogP contribution in [0.5, 0.6) is 0 Å². The highest BCUT2D eigenvalue weighted by atomic mass is 16.2. The molecule has 0 radical (unpaired) electrons. The lowest BCUT2D eigenvalue weighted by Crippen LogP contribution is -2.38. The lowest BCUT2D eigenvalue weighted by Gasteiger charge is -2.27. The first kappa shape index (κ1) is 20.1. The summed E-state index contributed by atoms with van der Waals surface area (Å²) in [5.41, 5.74) is 2.57. The number of nitrogens with zero attached hydrogens (tertiary/aromatic N) is 3. The summed E-state index contributed by atoms with van der Waals surface area (Å²) in [5, 5.41) is 2.96. The van der Waals surface area contributed by atoms with E-state index in [2.05, 4.69) is 5.32 Å². The quantitative estimate of drug-likeness (QED) is 0.614. The van der Waals surface area contributed by atoms with Crippen LogP contribution in [0, 0.1) is 0 Å². The van der Waals surface area contributed by atoms with Gasteiger partial charge in [0.15, 0.2) is 0 Å². The van der Waals surface area contributed by atoms with Crippen LogP contribution in [0.2, 0.25) is 0 Å². The summed E-state index contributed by atoms with van der Waals surface area (Å²) < 4.78 is 2.05. The van der Waals surface area contributed by atoms with Crippen LogP contribution in [0.25, 0.3) is 11.0 Å². The number of fused-ring (bicyclic) bond motifs is 1. The summed E-state index contributed by atoms with van der Waals surface area (Å²) in [6.45, 7) is 2.60. The van der Waals surface area contributed by atoms with Crippen LogP contribution in [0.1, 0.15) is 41.9 Å². The number of para-hydroxylation sites is 2. The molecule has 6 heteroatoms. The number of carbonyl (C=O) groups excluding carboxylic acids is 2. The normalized spacial score (nSPS) is 14.1. The highest BCUT2D eigenvalue weighted by Gasteiger charge is 2.19. The second-order valence-electron chi connectivity index (χ2n) is 7.77. The van der Waals surface area contributed by atoms with E-state index in [0.29, 0.717) is 25.1 Å². The molecule has 0 unspecified atom stereocenters. The van der Waals surface area contributed by atoms with Crippen molar-refractivity contribution in [3.8, 4) is 0 Å². The van der Waals surface area contributed by atoms with Crippen molar-refractivity contribution in [2.75, 3.05) is 19.6 Å². The van der Waals surface area contributed by atoms with Gasteiger partial charge in [-0.05, 0) is 49.9 Å². The Balaban J connectivity index is 1.41. The molecule has 156 valence electrons. The first-order valence-corrected chi connectivity index (χ1v) is 10.8. The summed E-state index contributed by atoms with van der Waals surface area (Å²) >= 11 is 0. The number of piperidine rings is 1. The van der Waals surface area contributed by atoms with E-state index in [1.165, 1.54) is 6.42 Å². The van der Waals surface area contributed by atoms with Crippen molar-refractivity contribution in [1.29, 1.82) is 0 Å². The topological polar surface area (TPSA) is 67.2 Å². The molecule has 6 nitrogen and oxygen atoms in total. The fraction of sp³-hybridized carbons (Fsp3) is 0.375. The molecule has 1 saturated heterocycles. The Morgan fingerprint density at radius 2 is 1.67 bits per heavy atom. The van der Waals surface area contributed by atoms with Crippen molar-refractivity contribution in [3.63, 3.8) is 0 Å². The third kappa shape index (κ3) is 4.70. The molecule has 0 spiro atoms. The summed E-state index contributed by atoms with van der Waals surface area (Å²) in [6, 6.07) is 17.2. The zero-order chi connectivity index (χ0) is 20.8. The maximum atomic E-state index is 12.9. The average Bonchev–Trinajstić information content (AvgIpc) is 3.15. The van der Waals surface area contributed by atoms with E-state index in [9.17, 15) is 9.59 Å². The predicted octanol–water partition coefficient (Wildman–Crippen LogP) is 3.41. The molecule has 30 heavy (non-hydrogen) atoms. The maximum Gasteiger partial charge on any atom is 0.251 e. The molecule has 0 aliphatic carbocycles. The number of rotatable bonds is 7. The minimum absolute atomic E-state index is 0.0654. The highest BCUT2D eigenvalue weighted by molar-refractivity contribution is 5.94. The van der Waals surface area contributed by atoms with Crippen LogP contribution in [0.3, 0.4) is 0 Å². The molecule has 2 aromatic carbocycles. The minimum Gasteiger partial charge on any atom is -0.352 e. The van der Waals surface area contributed by atoms with Crippen molar-refractivity contribution in [2.45, 2.75) is 38.6 Å². The highest BCUT2D eigenvalue weighted by Crippen LogP contribution is 2.18. The van der Waals surface area contributed by atoms with E-state index in [-0.39, 0.29) is 11.8 Å². The van der Waals surface area contributed by atoms with Gasteiger partial charge in [0.05, 0.1) is 11.0 Å². The summed E-state index contributed by atoms with van der Waals surface area (Å²) in [5.74, 6) is 0.997. The fourth-order valence-electron chi connectivity index (χ4n) is 4.01. The first-order chi connectivity index (χ1) is 14.7. The Kier molecular flexibility index (Phi) is 6.42. The molecule has 0 bridgehead atoms. The van der Waals surface area contributed by atoms with Gasteiger partial charge < -0.3 is 14.8 Å². The van der Waals surface area contributed by atoms with E-state index in [4.69, 9.17) is 4.98 Å². The molecule has 0 atom stereocenters. The number of hydrogen-bond donors (Lipinski definition) is 1. The van der Waals surface area contributed by atoms with Crippen molar-refractivity contribution >= 4 is 22.8 Å². The largest absolute Gasteiger partial charge is 0.352 e. The minimum atomic E-state index is -0.0654. The Bertz CT molecular complexity index is 1010. The molecule has 2 amide bonds. The Labute approximate surface area is 176 Å². The fourth-order valence-corrected chi connectivity index (χ4v) is 4.01. The maximum absolute atomic E-state index is 12.9. The summed E-state index contributed by atoms with van der Waals surface area (Å²) in [4.78, 5) is 31.8. The molecule has 3 aromatic rings. The lowest BCUT2D eigenvalue weighted by atomic mass is 10.1. The predicted molar refractivity (Wildman–Crippen MR) is 117 cm³/mol. The van der Waals surface area contributed by atoms with E-state index >= 15 is 0 Å². The number of imidazole rings is 1. The second-order valence-corrected chi connectivity index (χ2v) is 7.77. The zero-order valence-electron chi connectivity index (χ0n) is 17.2. The van der Waals surface area contributed by atoms with Crippen LogP contribution >= 0.6 is 0 Å². The molecule has 1 aliphatic heterocycles. The van der Waals surface area contributed by atoms with Gasteiger partial charge in [-0.2, -0.15) is 0 Å². The van der Waals surface area contributed by atoms with Gasteiger partial charge in [-0.3, -0.25) is 9.59 Å². The van der Waals surface area contributed by atoms with Gasteiger partial charge in [-0.1, -0.05) is 30.3 Å². The van der Waals surface area contributed by atoms with Crippen LogP contribution in [-0.4, -0.2) is 45.9 Å². The standard InChI is InChI=1S/C24H28N4O2/c29-23(27-16-7-2-8-17-27)18-28-21-13-6-5-12-20(21)26-22(28)14-9-15-25-24(30)19-10-3-1-4-11-19/h1,3-6,10-13H,2,7-9,14-18H2,(H,25,30). The number of nitrogens with one attached hydrogen (secondary N) is 1. The van der Waals surface area contributed by atoms with E-state index < -0.39 is 0 Å². The van der Waals surface area contributed by atoms with E-state index in [1.807, 2.05) is 51.9 Å². The van der Waals surface area contributed by atoms with Crippen molar-refractivity contribution in [3.05, 3.63) is 66.0 Å². The molecule has 4 rings (SSSR count). The molecule has 1 aliphatic rings. The molecule has 1 fully saturated rings. The lowest BCUT2D eigenvalue weighted by molar-refractivity contribution is -0.132. The third-order valence-electron chi connectivity index (χ3n) is 5.63. The number of aryl methyl sites for hydroxylation is 1. The van der Waals surface area contributed by atoms with Crippen molar-refractivity contribution < 1.29 is 9.59 Å². The van der Waals surface area contributed by atoms with Gasteiger partial charge in [0, 0.05) is 31.6 Å². The first-order valence-electron chi connectivity index (χ1n) is 10.8. The van der Waals surface area contributed by atoms with Gasteiger partial charge in [0.1, 0.15) is 12.4 Å². The smallest absolute Gasteiger partial charge is 0.251 e. The Morgan fingerprint density at radius 1 is 0.933 bits per heavy atom. The van der Waals surface area contributed by atoms with Crippen LogP contribution in [-0.2, 0) is 17.8 Å². The molecular formula is C24H28N4O2. The van der Waals surface area contributed by atoms with Gasteiger partial charge in [-0.25, -0.2) is 4.98 Å². The number of benzene rings is 2. The zero-order valence-corrected chi connectivity index (χ0v) is 17.2. The summed E-state index contributed by atoms with van der Waals surface area (Å²) in [6.07, 6.45) is 4.85. The van der Waals surface area contributed by atoms with Crippen LogP contribution in [0.4, 0.5) is 0 Å². The van der Waals surface area contributed by atoms with Gasteiger partial charge >= 0.3 is 0 Å². The molecule has 1 N–H and O–H groups in total. The van der Waals surface area contributed by atoms with E-state index in [1.54, 1.807) is 12.1 Å². The SMILES string of the molecule is O=C(NCCCc1nc2ccccc2n1CC(=O)N1CCCCC1)c1ccccc1. The number of aromatic nitrogens is 2. The second kappa shape index (κ2) is 9.57. The Morgan fingerprint density at radius 3 is 2.47 bits per heavy atom. The number of carbonyl (C=O) groups is 2. The molecule has 0 saturated carbocycles. The monoisotopic (exact) mass is 404 g/mol. The van der Waals surface area contributed by atoms with Gasteiger partial charge in [0.25, 0.3) is 5.91 Å². The van der Waals surface area contributed by atoms with Crippen LogP contribution < -0.4 is 5.32 Å². The molecular weight excluding hydrogens is 376 g/mol. The average molecular weight is 405 g/mol. The van der Waals surface area contributed by atoms with Gasteiger partial charge in [0.2, 0.25) is 5.91 Å². The summed E-state index contributed by atoms with van der Waals surface area (Å²) in [7, 11) is 0. The van der Waals surface area contributed by atoms with Crippen molar-refractivity contribution in [2.24, 2.45) is 0 Å². The molecule has 2 heterocycles. The molecule has 1 aromatic heterocycles. The number of likely N-dealkylation sites (tertiary alicyclic amines) is 1. The van der Waals surface area contributed by atoms with Crippen LogP contribution in [0.15, 0.2) is 54.6 Å². The van der Waals surface area contributed by atoms with E-state index in [0.717, 1.165) is 49.2 Å². The third-order valence-corrected chi connectivity index (χ3v) is 5.63.